The third kappa shape index (κ3) is 4.52. The number of nitro benzene ring substituents is 1. The second kappa shape index (κ2) is 9.10. The summed E-state index contributed by atoms with van der Waals surface area (Å²) in [6.45, 7) is -0.162. The number of nitrogens with zero attached hydrogens (tertiary/aromatic N) is 2. The van der Waals surface area contributed by atoms with Gasteiger partial charge in [0.05, 0.1) is 11.3 Å². The summed E-state index contributed by atoms with van der Waals surface area (Å²) in [4.78, 5) is 49.7. The third-order valence-electron chi connectivity index (χ3n) is 4.84. The predicted molar refractivity (Wildman–Crippen MR) is 115 cm³/mol. The SMILES string of the molecule is O=C(Cc1cccs1)NC1C(=O)N2C(C(=O)OCc3ccc([N+](=O)[O-])cc3)=CC(O)S[C@H]12. The lowest BCUT2D eigenvalue weighted by Crippen LogP contribution is -2.70. The number of hydrogen-bond donors (Lipinski definition) is 2. The highest BCUT2D eigenvalue weighted by molar-refractivity contribution is 8.00. The Morgan fingerprint density at radius 2 is 2.00 bits per heavy atom. The van der Waals surface area contributed by atoms with Gasteiger partial charge in [-0.2, -0.15) is 0 Å². The maximum atomic E-state index is 12.6. The largest absolute Gasteiger partial charge is 0.456 e. The number of esters is 1. The summed E-state index contributed by atoms with van der Waals surface area (Å²) >= 11 is 2.47. The fourth-order valence-electron chi connectivity index (χ4n) is 3.29. The summed E-state index contributed by atoms with van der Waals surface area (Å²) in [7, 11) is 0. The monoisotopic (exact) mass is 475 g/mol. The van der Waals surface area contributed by atoms with E-state index in [1.54, 1.807) is 0 Å². The molecule has 0 aliphatic carbocycles. The molecule has 2 N–H and O–H groups in total. The molecule has 1 saturated heterocycles. The van der Waals surface area contributed by atoms with E-state index in [0.29, 0.717) is 5.56 Å². The predicted octanol–water partition coefficient (Wildman–Crippen LogP) is 1.54. The molecule has 2 aromatic rings. The highest BCUT2D eigenvalue weighted by atomic mass is 32.2. The smallest absolute Gasteiger partial charge is 0.355 e. The van der Waals surface area contributed by atoms with Gasteiger partial charge in [-0.3, -0.25) is 24.6 Å². The molecular weight excluding hydrogens is 458 g/mol. The van der Waals surface area contributed by atoms with E-state index in [2.05, 4.69) is 5.32 Å². The molecule has 3 heterocycles. The number of nitrogens with one attached hydrogen (secondary N) is 1. The minimum atomic E-state index is -1.05. The summed E-state index contributed by atoms with van der Waals surface area (Å²) in [5.41, 5.74) is -0.711. The van der Waals surface area contributed by atoms with Gasteiger partial charge in [0.15, 0.2) is 0 Å². The Hall–Kier alpha value is -3.22. The van der Waals surface area contributed by atoms with Crippen molar-refractivity contribution in [3.05, 3.63) is 74.1 Å². The van der Waals surface area contributed by atoms with Crippen LogP contribution < -0.4 is 5.32 Å². The number of thiophene rings is 1. The number of β-lactam (4-membered cyclic amide) rings is 1. The van der Waals surface area contributed by atoms with Gasteiger partial charge in [0, 0.05) is 17.0 Å². The average Bonchev–Trinajstić information content (AvgIpc) is 3.28. The molecule has 1 fully saturated rings. The van der Waals surface area contributed by atoms with Crippen molar-refractivity contribution in [1.82, 2.24) is 10.2 Å². The number of rotatable bonds is 7. The molecule has 0 spiro atoms. The van der Waals surface area contributed by atoms with Crippen LogP contribution in [0.5, 0.6) is 0 Å². The van der Waals surface area contributed by atoms with E-state index in [4.69, 9.17) is 4.74 Å². The van der Waals surface area contributed by atoms with Gasteiger partial charge >= 0.3 is 5.97 Å². The number of amides is 2. The zero-order valence-corrected chi connectivity index (χ0v) is 18.0. The average molecular weight is 476 g/mol. The van der Waals surface area contributed by atoms with E-state index in [0.717, 1.165) is 16.6 Å². The molecule has 1 aromatic heterocycles. The molecule has 2 unspecified atom stereocenters. The van der Waals surface area contributed by atoms with Gasteiger partial charge in [-0.05, 0) is 35.2 Å². The zero-order valence-electron chi connectivity index (χ0n) is 16.4. The van der Waals surface area contributed by atoms with Crippen LogP contribution in [0, 0.1) is 10.1 Å². The number of nitro groups is 1. The first-order valence-corrected chi connectivity index (χ1v) is 11.3. The highest BCUT2D eigenvalue weighted by Gasteiger charge is 2.54. The first kappa shape index (κ1) is 22.0. The lowest BCUT2D eigenvalue weighted by atomic mass is 10.0. The minimum absolute atomic E-state index is 0.0867. The summed E-state index contributed by atoms with van der Waals surface area (Å²) in [5.74, 6) is -1.60. The fourth-order valence-corrected chi connectivity index (χ4v) is 5.17. The number of ether oxygens (including phenoxy) is 1. The summed E-state index contributed by atoms with van der Waals surface area (Å²) in [6.07, 6.45) is 1.36. The molecule has 2 amide bonds. The molecule has 1 aromatic carbocycles. The van der Waals surface area contributed by atoms with E-state index in [-0.39, 0.29) is 30.3 Å². The number of aliphatic hydroxyl groups excluding tert-OH is 1. The van der Waals surface area contributed by atoms with Crippen molar-refractivity contribution in [2.24, 2.45) is 0 Å². The van der Waals surface area contributed by atoms with Gasteiger partial charge in [-0.1, -0.05) is 17.8 Å². The van der Waals surface area contributed by atoms with Crippen molar-refractivity contribution >= 4 is 46.6 Å². The number of fused-ring (bicyclic) bond motifs is 1. The third-order valence-corrected chi connectivity index (χ3v) is 6.89. The Morgan fingerprint density at radius 1 is 1.25 bits per heavy atom. The summed E-state index contributed by atoms with van der Waals surface area (Å²) in [6, 6.07) is 8.30. The lowest BCUT2D eigenvalue weighted by Gasteiger charge is -2.49. The number of thioether (sulfide) groups is 1. The Labute approximate surface area is 190 Å². The van der Waals surface area contributed by atoms with Crippen molar-refractivity contribution in [2.75, 3.05) is 0 Å². The van der Waals surface area contributed by atoms with E-state index >= 15 is 0 Å². The standard InChI is InChI=1S/C20H17N3O7S2/c24-15(8-13-2-1-7-31-13)21-17-18(26)22-14(9-16(25)32-19(17)22)20(27)30-10-11-3-5-12(6-4-11)23(28)29/h1-7,9,16-17,19,25H,8,10H2,(H,21,24)/t16?,17?,19-/m1/s1. The molecule has 2 aliphatic heterocycles. The zero-order chi connectivity index (χ0) is 22.8. The first-order chi connectivity index (χ1) is 15.3. The van der Waals surface area contributed by atoms with Crippen LogP contribution in [0.3, 0.4) is 0 Å². The van der Waals surface area contributed by atoms with Gasteiger partial charge < -0.3 is 15.2 Å². The van der Waals surface area contributed by atoms with Gasteiger partial charge in [-0.25, -0.2) is 4.79 Å². The van der Waals surface area contributed by atoms with Crippen molar-refractivity contribution in [3.8, 4) is 0 Å². The number of carbonyl (C=O) groups is 3. The highest BCUT2D eigenvalue weighted by Crippen LogP contribution is 2.40. The van der Waals surface area contributed by atoms with Crippen LogP contribution in [0.1, 0.15) is 10.4 Å². The second-order valence-electron chi connectivity index (χ2n) is 6.98. The van der Waals surface area contributed by atoms with Crippen molar-refractivity contribution in [2.45, 2.75) is 29.9 Å². The first-order valence-electron chi connectivity index (χ1n) is 9.44. The summed E-state index contributed by atoms with van der Waals surface area (Å²) in [5, 5.41) is 24.7. The molecule has 0 saturated carbocycles. The lowest BCUT2D eigenvalue weighted by molar-refractivity contribution is -0.384. The quantitative estimate of drug-likeness (QED) is 0.266. The van der Waals surface area contributed by atoms with Crippen LogP contribution in [0.2, 0.25) is 0 Å². The van der Waals surface area contributed by atoms with E-state index in [1.807, 2.05) is 17.5 Å². The molecule has 0 radical (unpaired) electrons. The maximum Gasteiger partial charge on any atom is 0.355 e. The van der Waals surface area contributed by atoms with Crippen molar-refractivity contribution in [3.63, 3.8) is 0 Å². The van der Waals surface area contributed by atoms with Gasteiger partial charge in [0.25, 0.3) is 11.6 Å². The molecule has 12 heteroatoms. The molecule has 0 bridgehead atoms. The Morgan fingerprint density at radius 3 is 2.66 bits per heavy atom. The maximum absolute atomic E-state index is 12.6. The van der Waals surface area contributed by atoms with Crippen molar-refractivity contribution < 1.29 is 29.2 Å². The van der Waals surface area contributed by atoms with E-state index < -0.39 is 33.7 Å². The fraction of sp³-hybridized carbons (Fsp3) is 0.250. The van der Waals surface area contributed by atoms with Crippen LogP contribution >= 0.6 is 23.1 Å². The van der Waals surface area contributed by atoms with Crippen LogP contribution in [0.4, 0.5) is 5.69 Å². The van der Waals surface area contributed by atoms with E-state index in [9.17, 15) is 29.6 Å². The van der Waals surface area contributed by atoms with Gasteiger partial charge in [-0.15, -0.1) is 11.3 Å². The topological polar surface area (TPSA) is 139 Å². The normalized spacial score (nSPS) is 21.8. The molecule has 32 heavy (non-hydrogen) atoms. The van der Waals surface area contributed by atoms with Crippen LogP contribution in [-0.4, -0.2) is 49.6 Å². The minimum Gasteiger partial charge on any atom is -0.456 e. The van der Waals surface area contributed by atoms with E-state index in [1.165, 1.54) is 46.6 Å². The number of non-ortho nitro benzene ring substituents is 1. The second-order valence-corrected chi connectivity index (χ2v) is 9.25. The van der Waals surface area contributed by atoms with Gasteiger partial charge in [0.2, 0.25) is 5.91 Å². The molecular formula is C20H17N3O7S2. The van der Waals surface area contributed by atoms with Crippen molar-refractivity contribution in [1.29, 1.82) is 0 Å². The number of benzene rings is 1. The number of hydrogen-bond acceptors (Lipinski definition) is 9. The number of aliphatic hydroxyl groups is 1. The Kier molecular flexibility index (Phi) is 6.26. The van der Waals surface area contributed by atoms with Crippen LogP contribution in [0.25, 0.3) is 0 Å². The van der Waals surface area contributed by atoms with Crippen LogP contribution in [-0.2, 0) is 32.1 Å². The van der Waals surface area contributed by atoms with Crippen LogP contribution in [0.15, 0.2) is 53.6 Å². The molecule has 3 atom stereocenters. The molecule has 2 aliphatic rings. The molecule has 166 valence electrons. The van der Waals surface area contributed by atoms with Gasteiger partial charge in [0.1, 0.15) is 29.2 Å². The summed E-state index contributed by atoms with van der Waals surface area (Å²) < 4.78 is 5.23. The molecule has 4 rings (SSSR count). The Bertz CT molecular complexity index is 1090. The Balaban J connectivity index is 1.37. The number of carbonyl (C=O) groups excluding carboxylic acids is 3. The molecule has 10 nitrogen and oxygen atoms in total.